The van der Waals surface area contributed by atoms with Crippen LogP contribution in [-0.2, 0) is 9.47 Å². The number of carbonyl (C=O) groups is 3. The van der Waals surface area contributed by atoms with Gasteiger partial charge in [-0.15, -0.1) is 0 Å². The van der Waals surface area contributed by atoms with E-state index in [1.807, 2.05) is 0 Å². The molecule has 1 aromatic heterocycles. The van der Waals surface area contributed by atoms with E-state index in [9.17, 15) is 23.2 Å². The van der Waals surface area contributed by atoms with Crippen LogP contribution in [0.25, 0.3) is 0 Å². The number of benzene rings is 1. The maximum Gasteiger partial charge on any atom is 0.387 e. The number of ether oxygens (including phenoxy) is 3. The van der Waals surface area contributed by atoms with Crippen molar-refractivity contribution in [1.82, 2.24) is 4.98 Å². The second-order valence-corrected chi connectivity index (χ2v) is 5.93. The van der Waals surface area contributed by atoms with Crippen molar-refractivity contribution in [3.63, 3.8) is 0 Å². The van der Waals surface area contributed by atoms with E-state index in [1.165, 1.54) is 32.2 Å². The molecule has 0 aliphatic carbocycles. The first-order valence-corrected chi connectivity index (χ1v) is 8.23. The third-order valence-corrected chi connectivity index (χ3v) is 4.02. The quantitative estimate of drug-likeness (QED) is 0.570. The first-order valence-electron chi connectivity index (χ1n) is 8.23. The van der Waals surface area contributed by atoms with Crippen molar-refractivity contribution in [1.29, 1.82) is 0 Å². The zero-order valence-electron chi connectivity index (χ0n) is 15.7. The van der Waals surface area contributed by atoms with Crippen molar-refractivity contribution >= 4 is 17.7 Å². The lowest BCUT2D eigenvalue weighted by Crippen LogP contribution is -2.25. The van der Waals surface area contributed by atoms with Crippen LogP contribution in [0.5, 0.6) is 5.75 Å². The van der Waals surface area contributed by atoms with Gasteiger partial charge in [-0.1, -0.05) is 6.07 Å². The molecule has 2 aromatic rings. The summed E-state index contributed by atoms with van der Waals surface area (Å²) in [5, 5.41) is 0. The standard InChI is InChI=1S/C19H19F2NO6/c1-9-14(18(25)26-4)10(2)22-15(9)16(23)11(3)27-17(24)12-6-5-7-13(8-12)28-19(20)21/h5-8,11,19,22H,1-4H3. The van der Waals surface area contributed by atoms with Gasteiger partial charge in [-0.05, 0) is 44.5 Å². The van der Waals surface area contributed by atoms with Gasteiger partial charge in [-0.3, -0.25) is 4.79 Å². The van der Waals surface area contributed by atoms with Crippen LogP contribution < -0.4 is 4.74 Å². The van der Waals surface area contributed by atoms with Crippen LogP contribution in [0.15, 0.2) is 24.3 Å². The number of hydrogen-bond donors (Lipinski definition) is 1. The monoisotopic (exact) mass is 395 g/mol. The molecular formula is C19H19F2NO6. The summed E-state index contributed by atoms with van der Waals surface area (Å²) < 4.78 is 38.6. The molecule has 2 rings (SSSR count). The topological polar surface area (TPSA) is 94.7 Å². The summed E-state index contributed by atoms with van der Waals surface area (Å²) in [5.41, 5.74) is 1.13. The molecule has 1 heterocycles. The number of esters is 2. The van der Waals surface area contributed by atoms with Crippen molar-refractivity contribution in [3.8, 4) is 5.75 Å². The number of rotatable bonds is 7. The van der Waals surface area contributed by atoms with Crippen LogP contribution in [0.2, 0.25) is 0 Å². The second kappa shape index (κ2) is 8.64. The number of carbonyl (C=O) groups excluding carboxylic acids is 3. The van der Waals surface area contributed by atoms with Gasteiger partial charge >= 0.3 is 18.6 Å². The Morgan fingerprint density at radius 3 is 2.39 bits per heavy atom. The number of halogens is 2. The summed E-state index contributed by atoms with van der Waals surface area (Å²) in [7, 11) is 1.23. The fourth-order valence-electron chi connectivity index (χ4n) is 2.69. The molecule has 1 atom stereocenters. The molecule has 9 heteroatoms. The number of alkyl halides is 2. The van der Waals surface area contributed by atoms with Gasteiger partial charge in [0, 0.05) is 5.69 Å². The van der Waals surface area contributed by atoms with E-state index in [1.54, 1.807) is 13.8 Å². The molecule has 28 heavy (non-hydrogen) atoms. The van der Waals surface area contributed by atoms with E-state index < -0.39 is 30.4 Å². The zero-order valence-corrected chi connectivity index (χ0v) is 15.7. The van der Waals surface area contributed by atoms with Gasteiger partial charge in [-0.25, -0.2) is 9.59 Å². The van der Waals surface area contributed by atoms with Gasteiger partial charge in [0.1, 0.15) is 5.75 Å². The molecule has 0 saturated heterocycles. The lowest BCUT2D eigenvalue weighted by Gasteiger charge is -2.13. The number of aromatic amines is 1. The Balaban J connectivity index is 2.17. The Morgan fingerprint density at radius 1 is 1.11 bits per heavy atom. The maximum atomic E-state index is 12.6. The fraction of sp³-hybridized carbons (Fsp3) is 0.316. The minimum Gasteiger partial charge on any atom is -0.465 e. The predicted octanol–water partition coefficient (Wildman–Crippen LogP) is 3.45. The summed E-state index contributed by atoms with van der Waals surface area (Å²) in [6.07, 6.45) is -1.19. The number of H-pyrrole nitrogens is 1. The Bertz CT molecular complexity index is 906. The van der Waals surface area contributed by atoms with Crippen LogP contribution in [0.3, 0.4) is 0 Å². The predicted molar refractivity (Wildman–Crippen MR) is 93.9 cm³/mol. The molecule has 0 aliphatic heterocycles. The number of methoxy groups -OCH3 is 1. The number of aromatic nitrogens is 1. The Labute approximate surface area is 159 Å². The minimum atomic E-state index is -3.03. The van der Waals surface area contributed by atoms with Crippen molar-refractivity contribution < 1.29 is 37.4 Å². The number of hydrogen-bond acceptors (Lipinski definition) is 6. The molecule has 1 N–H and O–H groups in total. The molecule has 1 aromatic carbocycles. The Hall–Kier alpha value is -3.23. The smallest absolute Gasteiger partial charge is 0.387 e. The molecule has 0 amide bonds. The molecule has 0 aliphatic rings. The summed E-state index contributed by atoms with van der Waals surface area (Å²) in [6, 6.07) is 5.04. The van der Waals surface area contributed by atoms with Crippen LogP contribution >= 0.6 is 0 Å². The van der Waals surface area contributed by atoms with Crippen molar-refractivity contribution in [2.75, 3.05) is 7.11 Å². The minimum absolute atomic E-state index is 0.0487. The molecule has 1 unspecified atom stereocenters. The normalized spacial score (nSPS) is 11.8. The largest absolute Gasteiger partial charge is 0.465 e. The fourth-order valence-corrected chi connectivity index (χ4v) is 2.69. The summed E-state index contributed by atoms with van der Waals surface area (Å²) >= 11 is 0. The van der Waals surface area contributed by atoms with Gasteiger partial charge in [0.15, 0.2) is 6.10 Å². The molecule has 0 spiro atoms. The molecule has 0 fully saturated rings. The van der Waals surface area contributed by atoms with Crippen molar-refractivity contribution in [2.45, 2.75) is 33.5 Å². The highest BCUT2D eigenvalue weighted by Crippen LogP contribution is 2.22. The van der Waals surface area contributed by atoms with Crippen LogP contribution in [0.1, 0.15) is 49.4 Å². The van der Waals surface area contributed by atoms with Gasteiger partial charge < -0.3 is 19.2 Å². The van der Waals surface area contributed by atoms with E-state index >= 15 is 0 Å². The highest BCUT2D eigenvalue weighted by Gasteiger charge is 2.27. The van der Waals surface area contributed by atoms with E-state index in [2.05, 4.69) is 9.72 Å². The molecule has 0 saturated carbocycles. The lowest BCUT2D eigenvalue weighted by molar-refractivity contribution is -0.0499. The van der Waals surface area contributed by atoms with Gasteiger partial charge in [-0.2, -0.15) is 8.78 Å². The van der Waals surface area contributed by atoms with E-state index in [0.29, 0.717) is 11.3 Å². The number of aryl methyl sites for hydroxylation is 1. The van der Waals surface area contributed by atoms with Gasteiger partial charge in [0.2, 0.25) is 5.78 Å². The SMILES string of the molecule is COC(=O)c1c(C)[nH]c(C(=O)C(C)OC(=O)c2cccc(OC(F)F)c2)c1C. The van der Waals surface area contributed by atoms with Gasteiger partial charge in [0.25, 0.3) is 0 Å². The zero-order chi connectivity index (χ0) is 21.0. The third-order valence-electron chi connectivity index (χ3n) is 4.02. The van der Waals surface area contributed by atoms with E-state index in [-0.39, 0.29) is 22.6 Å². The van der Waals surface area contributed by atoms with Crippen molar-refractivity contribution in [3.05, 3.63) is 52.3 Å². The average molecular weight is 395 g/mol. The van der Waals surface area contributed by atoms with Crippen LogP contribution in [0, 0.1) is 13.8 Å². The maximum absolute atomic E-state index is 12.6. The van der Waals surface area contributed by atoms with E-state index in [4.69, 9.17) is 9.47 Å². The highest BCUT2D eigenvalue weighted by atomic mass is 19.3. The summed E-state index contributed by atoms with van der Waals surface area (Å²) in [4.78, 5) is 39.5. The first kappa shape index (κ1) is 21.1. The lowest BCUT2D eigenvalue weighted by atomic mass is 10.1. The Morgan fingerprint density at radius 2 is 1.79 bits per heavy atom. The number of ketones is 1. The Kier molecular flexibility index (Phi) is 6.50. The molecule has 0 bridgehead atoms. The van der Waals surface area contributed by atoms with Crippen molar-refractivity contribution in [2.24, 2.45) is 0 Å². The van der Waals surface area contributed by atoms with E-state index in [0.717, 1.165) is 6.07 Å². The first-order chi connectivity index (χ1) is 13.1. The molecule has 150 valence electrons. The van der Waals surface area contributed by atoms with Gasteiger partial charge in [0.05, 0.1) is 23.9 Å². The third kappa shape index (κ3) is 4.54. The number of Topliss-reactive ketones (excluding diaryl/α,β-unsaturated/α-hetero) is 1. The van der Waals surface area contributed by atoms with Crippen LogP contribution in [0.4, 0.5) is 8.78 Å². The second-order valence-electron chi connectivity index (χ2n) is 5.93. The van der Waals surface area contributed by atoms with Crippen LogP contribution in [-0.4, -0.2) is 42.5 Å². The number of nitrogens with one attached hydrogen (secondary N) is 1. The summed E-state index contributed by atoms with van der Waals surface area (Å²) in [5.74, 6) is -2.23. The average Bonchev–Trinajstić information content (AvgIpc) is 2.94. The molecule has 7 nitrogen and oxygen atoms in total. The molecular weight excluding hydrogens is 376 g/mol. The molecule has 0 radical (unpaired) electrons. The summed E-state index contributed by atoms with van der Waals surface area (Å²) in [6.45, 7) is 1.52. The highest BCUT2D eigenvalue weighted by molar-refractivity contribution is 6.04.